The molecular weight excluding hydrogens is 209 g/mol. The molecule has 6 heteroatoms. The maximum Gasteiger partial charge on any atom is 0.355 e. The summed E-state index contributed by atoms with van der Waals surface area (Å²) in [4.78, 5) is 0. The summed E-state index contributed by atoms with van der Waals surface area (Å²) >= 11 is 0. The highest BCUT2D eigenvalue weighted by atomic mass is 31.0. The van der Waals surface area contributed by atoms with Crippen LogP contribution in [0.25, 0.3) is 0 Å². The molecule has 3 nitrogen and oxygen atoms in total. The van der Waals surface area contributed by atoms with E-state index >= 15 is 0 Å². The van der Waals surface area contributed by atoms with Crippen LogP contribution in [-0.4, -0.2) is 25.5 Å². The van der Waals surface area contributed by atoms with Crippen LogP contribution in [-0.2, 0) is 9.31 Å². The minimum Gasteiger partial charge on any atom is -0.570 e. The van der Waals surface area contributed by atoms with Crippen molar-refractivity contribution < 1.29 is 14.4 Å². The molecule has 0 aromatic heterocycles. The zero-order valence-electron chi connectivity index (χ0n) is 9.12. The molecule has 2 radical (unpaired) electrons. The van der Waals surface area contributed by atoms with Crippen LogP contribution in [0.5, 0.6) is 0 Å². The highest BCUT2D eigenvalue weighted by Gasteiger charge is 2.22. The van der Waals surface area contributed by atoms with Gasteiger partial charge >= 0.3 is 14.7 Å². The number of hydrogen-bond acceptors (Lipinski definition) is 3. The maximum atomic E-state index is 9.15. The van der Waals surface area contributed by atoms with E-state index in [1.54, 1.807) is 13.8 Å². The molecule has 0 saturated heterocycles. The smallest absolute Gasteiger partial charge is 0.355 e. The molecule has 0 aliphatic carbocycles. The van der Waals surface area contributed by atoms with Gasteiger partial charge in [-0.1, -0.05) is 19.7 Å². The van der Waals surface area contributed by atoms with E-state index in [1.165, 1.54) is 14.7 Å². The number of hydrogen-bond donors (Lipinski definition) is 1. The molecule has 0 saturated carbocycles. The Kier molecular flexibility index (Phi) is 5.77. The molecule has 1 atom stereocenters. The number of rotatable bonds is 7. The molecule has 0 aromatic carbocycles. The van der Waals surface area contributed by atoms with Crippen molar-refractivity contribution in [2.75, 3.05) is 0 Å². The second kappa shape index (κ2) is 6.04. The minimum atomic E-state index is -0.834. The van der Waals surface area contributed by atoms with E-state index in [1.807, 2.05) is 0 Å². The molecule has 0 aliphatic rings. The van der Waals surface area contributed by atoms with E-state index in [9.17, 15) is 0 Å². The molecule has 0 fully saturated rings. The van der Waals surface area contributed by atoms with Crippen LogP contribution in [0.3, 0.4) is 0 Å². The fourth-order valence-corrected chi connectivity index (χ4v) is 0.520. The molecule has 0 heterocycles. The molecular formula is C9H15B2O3P. The molecule has 0 spiro atoms. The number of aliphatic hydroxyl groups is 1. The quantitative estimate of drug-likeness (QED) is 0.236. The molecule has 0 bridgehead atoms. The average Bonchev–Trinajstić information content (AvgIpc) is 2.11. The van der Waals surface area contributed by atoms with Crippen molar-refractivity contribution in [3.63, 3.8) is 0 Å². The monoisotopic (exact) mass is 224 g/mol. The Bertz CT molecular complexity index is 277. The molecule has 1 unspecified atom stereocenters. The van der Waals surface area contributed by atoms with Crippen LogP contribution < -0.4 is 0 Å². The van der Waals surface area contributed by atoms with Gasteiger partial charge in [0.15, 0.2) is 0 Å². The average molecular weight is 224 g/mol. The first-order valence-electron chi connectivity index (χ1n) is 4.29. The zero-order valence-corrected chi connectivity index (χ0v) is 10.3. The Morgan fingerprint density at radius 3 is 2.20 bits per heavy atom. The SMILES string of the molecule is C=C(P)C(=C)O[B][B]OC(C)(C)C(=C)O. The molecule has 1 N–H and O–H groups in total. The van der Waals surface area contributed by atoms with Crippen molar-refractivity contribution in [2.45, 2.75) is 19.4 Å². The van der Waals surface area contributed by atoms with Gasteiger partial charge in [0.25, 0.3) is 0 Å². The van der Waals surface area contributed by atoms with Crippen LogP contribution in [0, 0.1) is 0 Å². The first-order chi connectivity index (χ1) is 6.77. The fraction of sp³-hybridized carbons (Fsp3) is 0.333. The van der Waals surface area contributed by atoms with Crippen LogP contribution in [0.1, 0.15) is 13.8 Å². The standard InChI is InChI=1S/C9H15B2O3P/c1-6(7(2)15)13-10-11-14-9(4,5)8(3)12/h12H,1-3,15H2,4-5H3. The highest BCUT2D eigenvalue weighted by Crippen LogP contribution is 2.16. The van der Waals surface area contributed by atoms with Gasteiger partial charge in [0.2, 0.25) is 0 Å². The van der Waals surface area contributed by atoms with Gasteiger partial charge in [-0.2, -0.15) is 0 Å². The summed E-state index contributed by atoms with van der Waals surface area (Å²) in [6.07, 6.45) is 0. The normalized spacial score (nSPS) is 10.3. The summed E-state index contributed by atoms with van der Waals surface area (Å²) in [5, 5.41) is 9.81. The first kappa shape index (κ1) is 14.3. The highest BCUT2D eigenvalue weighted by molar-refractivity contribution is 7.23. The van der Waals surface area contributed by atoms with Gasteiger partial charge in [-0.15, -0.1) is 9.24 Å². The van der Waals surface area contributed by atoms with Crippen molar-refractivity contribution >= 4 is 24.0 Å². The molecule has 80 valence electrons. The molecule has 0 aliphatic heterocycles. The van der Waals surface area contributed by atoms with E-state index in [0.717, 1.165) is 0 Å². The lowest BCUT2D eigenvalue weighted by Crippen LogP contribution is -2.31. The third kappa shape index (κ3) is 5.71. The van der Waals surface area contributed by atoms with E-state index in [4.69, 9.17) is 14.4 Å². The van der Waals surface area contributed by atoms with Gasteiger partial charge in [0, 0.05) is 5.31 Å². The lowest BCUT2D eigenvalue weighted by molar-refractivity contribution is 0.106. The van der Waals surface area contributed by atoms with Gasteiger partial charge < -0.3 is 14.4 Å². The Labute approximate surface area is 95.0 Å². The first-order valence-corrected chi connectivity index (χ1v) is 4.86. The van der Waals surface area contributed by atoms with Crippen LogP contribution in [0.2, 0.25) is 0 Å². The molecule has 0 amide bonds. The molecule has 15 heavy (non-hydrogen) atoms. The number of allylic oxidation sites excluding steroid dienone is 1. The molecule has 0 aromatic rings. The number of aliphatic hydroxyl groups excluding tert-OH is 1. The molecule has 0 rings (SSSR count). The van der Waals surface area contributed by atoms with Crippen molar-refractivity contribution in [2.24, 2.45) is 0 Å². The summed E-state index contributed by atoms with van der Waals surface area (Å²) in [6.45, 7) is 14.0. The van der Waals surface area contributed by atoms with Crippen molar-refractivity contribution in [3.8, 4) is 0 Å². The second-order valence-corrected chi connectivity index (χ2v) is 4.11. The topological polar surface area (TPSA) is 38.7 Å². The predicted molar refractivity (Wildman–Crippen MR) is 67.5 cm³/mol. The van der Waals surface area contributed by atoms with Gasteiger partial charge in [0.05, 0.1) is 5.76 Å². The summed E-state index contributed by atoms with van der Waals surface area (Å²) in [6, 6.07) is 0. The second-order valence-electron chi connectivity index (χ2n) is 3.41. The lowest BCUT2D eigenvalue weighted by atomic mass is 9.63. The summed E-state index contributed by atoms with van der Waals surface area (Å²) in [5.74, 6) is 0.377. The summed E-state index contributed by atoms with van der Waals surface area (Å²) < 4.78 is 10.2. The van der Waals surface area contributed by atoms with E-state index in [2.05, 4.69) is 29.0 Å². The van der Waals surface area contributed by atoms with Crippen molar-refractivity contribution in [3.05, 3.63) is 36.6 Å². The minimum absolute atomic E-state index is 0.0542. The van der Waals surface area contributed by atoms with Gasteiger partial charge in [-0.05, 0) is 13.8 Å². The van der Waals surface area contributed by atoms with Gasteiger partial charge in [-0.25, -0.2) is 0 Å². The Hall–Kier alpha value is -0.660. The van der Waals surface area contributed by atoms with Crippen LogP contribution in [0.4, 0.5) is 0 Å². The van der Waals surface area contributed by atoms with E-state index in [-0.39, 0.29) is 5.76 Å². The zero-order chi connectivity index (χ0) is 12.1. The third-order valence-electron chi connectivity index (χ3n) is 1.68. The van der Waals surface area contributed by atoms with E-state index in [0.29, 0.717) is 11.1 Å². The van der Waals surface area contributed by atoms with Crippen LogP contribution >= 0.6 is 9.24 Å². The maximum absolute atomic E-state index is 9.15. The Balaban J connectivity index is 3.77. The van der Waals surface area contributed by atoms with Crippen LogP contribution in [0.15, 0.2) is 36.6 Å². The summed E-state index contributed by atoms with van der Waals surface area (Å²) in [5.41, 5.74) is -0.834. The lowest BCUT2D eigenvalue weighted by Gasteiger charge is -2.24. The van der Waals surface area contributed by atoms with Gasteiger partial charge in [0.1, 0.15) is 11.4 Å². The van der Waals surface area contributed by atoms with Crippen molar-refractivity contribution in [1.29, 1.82) is 0 Å². The van der Waals surface area contributed by atoms with Crippen molar-refractivity contribution in [1.82, 2.24) is 0 Å². The summed E-state index contributed by atoms with van der Waals surface area (Å²) in [7, 11) is 5.02. The fourth-order valence-electron chi connectivity index (χ4n) is 0.451. The van der Waals surface area contributed by atoms with E-state index < -0.39 is 5.60 Å². The Morgan fingerprint density at radius 2 is 1.80 bits per heavy atom. The third-order valence-corrected chi connectivity index (χ3v) is 2.00. The largest absolute Gasteiger partial charge is 0.570 e. The van der Waals surface area contributed by atoms with Gasteiger partial charge in [-0.3, -0.25) is 0 Å². The Morgan fingerprint density at radius 1 is 1.27 bits per heavy atom. The predicted octanol–water partition coefficient (Wildman–Crippen LogP) is 1.93.